The average molecular weight is 442 g/mol. The van der Waals surface area contributed by atoms with Crippen molar-refractivity contribution in [1.29, 1.82) is 0 Å². The summed E-state index contributed by atoms with van der Waals surface area (Å²) in [4.78, 5) is 34.7. The number of halogens is 1. The van der Waals surface area contributed by atoms with Crippen molar-refractivity contribution in [3.8, 4) is 5.75 Å². The summed E-state index contributed by atoms with van der Waals surface area (Å²) >= 11 is 5.75. The molecule has 0 aromatic heterocycles. The first-order valence-electron chi connectivity index (χ1n) is 8.80. The van der Waals surface area contributed by atoms with E-state index in [1.807, 2.05) is 30.3 Å². The number of carbonyl (C=O) groups excluding carboxylic acids is 3. The Kier molecular flexibility index (Phi) is 12.5. The molecular formula is C21H21ClNNaO6. The van der Waals surface area contributed by atoms with Crippen molar-refractivity contribution in [2.45, 2.75) is 12.8 Å². The average Bonchev–Trinajstić information content (AvgIpc) is 2.72. The van der Waals surface area contributed by atoms with Crippen molar-refractivity contribution in [1.82, 2.24) is 5.32 Å². The molecule has 1 N–H and O–H groups in total. The number of ether oxygens (including phenoxy) is 3. The summed E-state index contributed by atoms with van der Waals surface area (Å²) in [5.41, 5.74) is 0.845. The Morgan fingerprint density at radius 1 is 0.967 bits per heavy atom. The first-order chi connectivity index (χ1) is 14.0. The third-order valence-corrected chi connectivity index (χ3v) is 3.73. The van der Waals surface area contributed by atoms with Crippen LogP contribution in [0.3, 0.4) is 0 Å². The van der Waals surface area contributed by atoms with Gasteiger partial charge in [-0.25, -0.2) is 9.59 Å². The van der Waals surface area contributed by atoms with Crippen LogP contribution in [-0.2, 0) is 19.1 Å². The maximum atomic E-state index is 11.7. The summed E-state index contributed by atoms with van der Waals surface area (Å²) < 4.78 is 14.6. The molecule has 0 saturated heterocycles. The Morgan fingerprint density at radius 2 is 1.67 bits per heavy atom. The topological polar surface area (TPSA) is 90.9 Å². The SMILES string of the molecule is O=C(C=Cc1ccccc1)OCOC(=O)NCCCC(=O)Oc1ccc(Cl)cc1.[NaH]. The number of esters is 2. The van der Waals surface area contributed by atoms with Crippen LogP contribution >= 0.6 is 11.6 Å². The summed E-state index contributed by atoms with van der Waals surface area (Å²) in [7, 11) is 0. The molecule has 0 bridgehead atoms. The molecule has 0 saturated carbocycles. The molecule has 0 spiro atoms. The first-order valence-corrected chi connectivity index (χ1v) is 9.17. The number of hydrogen-bond donors (Lipinski definition) is 1. The molecule has 30 heavy (non-hydrogen) atoms. The summed E-state index contributed by atoms with van der Waals surface area (Å²) in [6.07, 6.45) is 2.55. The standard InChI is InChI=1S/C21H20ClNO6.Na.H/c22-17-9-11-18(12-10-17)29-20(25)7-4-14-23-21(26)28-15-27-19(24)13-8-16-5-2-1-3-6-16;;/h1-3,5-6,8-13H,4,7,14-15H2,(H,23,26);;. The first kappa shape index (κ1) is 25.7. The zero-order valence-electron chi connectivity index (χ0n) is 15.5. The number of nitrogens with one attached hydrogen (secondary N) is 1. The quantitative estimate of drug-likeness (QED) is 0.160. The fourth-order valence-electron chi connectivity index (χ4n) is 2.08. The molecule has 2 aromatic rings. The molecule has 0 fully saturated rings. The summed E-state index contributed by atoms with van der Waals surface area (Å²) in [6, 6.07) is 15.6. The molecule has 0 aliphatic carbocycles. The summed E-state index contributed by atoms with van der Waals surface area (Å²) in [5.74, 6) is -0.664. The third-order valence-electron chi connectivity index (χ3n) is 3.47. The van der Waals surface area contributed by atoms with Crippen LogP contribution in [0.2, 0.25) is 5.02 Å². The minimum absolute atomic E-state index is 0. The second-order valence-electron chi connectivity index (χ2n) is 5.72. The van der Waals surface area contributed by atoms with Gasteiger partial charge in [0.25, 0.3) is 0 Å². The van der Waals surface area contributed by atoms with Gasteiger partial charge < -0.3 is 19.5 Å². The Bertz CT molecular complexity index is 842. The van der Waals surface area contributed by atoms with Crippen molar-refractivity contribution in [2.75, 3.05) is 13.3 Å². The van der Waals surface area contributed by atoms with Crippen LogP contribution in [0.15, 0.2) is 60.7 Å². The van der Waals surface area contributed by atoms with E-state index in [4.69, 9.17) is 25.8 Å². The predicted molar refractivity (Wildman–Crippen MR) is 114 cm³/mol. The molecule has 0 aliphatic rings. The van der Waals surface area contributed by atoms with Gasteiger partial charge in [-0.1, -0.05) is 41.9 Å². The van der Waals surface area contributed by atoms with E-state index in [9.17, 15) is 14.4 Å². The van der Waals surface area contributed by atoms with Crippen molar-refractivity contribution < 1.29 is 28.6 Å². The van der Waals surface area contributed by atoms with Gasteiger partial charge in [-0.2, -0.15) is 0 Å². The van der Waals surface area contributed by atoms with Crippen LogP contribution in [0.25, 0.3) is 6.08 Å². The van der Waals surface area contributed by atoms with Gasteiger partial charge in [-0.05, 0) is 42.3 Å². The van der Waals surface area contributed by atoms with Crippen LogP contribution in [0.5, 0.6) is 5.75 Å². The van der Waals surface area contributed by atoms with E-state index in [0.717, 1.165) is 5.56 Å². The second-order valence-corrected chi connectivity index (χ2v) is 6.15. The molecule has 154 valence electrons. The molecule has 1 amide bonds. The minimum atomic E-state index is -0.754. The Labute approximate surface area is 201 Å². The van der Waals surface area contributed by atoms with Crippen molar-refractivity contribution in [2.24, 2.45) is 0 Å². The molecule has 2 aromatic carbocycles. The fraction of sp³-hybridized carbons (Fsp3) is 0.190. The molecule has 2 rings (SSSR count). The van der Waals surface area contributed by atoms with E-state index in [0.29, 0.717) is 17.2 Å². The van der Waals surface area contributed by atoms with E-state index in [1.165, 1.54) is 6.08 Å². The summed E-state index contributed by atoms with van der Waals surface area (Å²) in [5, 5.41) is 2.99. The van der Waals surface area contributed by atoms with Crippen LogP contribution in [0.1, 0.15) is 18.4 Å². The van der Waals surface area contributed by atoms with E-state index in [-0.39, 0.29) is 42.5 Å². The third kappa shape index (κ3) is 11.0. The Balaban J connectivity index is 0.00000450. The molecular weight excluding hydrogens is 421 g/mol. The van der Waals surface area contributed by atoms with Gasteiger partial charge in [0.05, 0.1) is 0 Å². The predicted octanol–water partition coefficient (Wildman–Crippen LogP) is 3.32. The number of carbonyl (C=O) groups is 3. The molecule has 0 atom stereocenters. The van der Waals surface area contributed by atoms with E-state index < -0.39 is 24.8 Å². The number of alkyl carbamates (subject to hydrolysis) is 1. The van der Waals surface area contributed by atoms with Gasteiger partial charge in [-0.15, -0.1) is 0 Å². The Hall–Kier alpha value is -2.32. The number of amides is 1. The van der Waals surface area contributed by atoms with Crippen LogP contribution in [0.4, 0.5) is 4.79 Å². The van der Waals surface area contributed by atoms with Gasteiger partial charge in [0.2, 0.25) is 6.79 Å². The monoisotopic (exact) mass is 441 g/mol. The number of benzene rings is 2. The molecule has 9 heteroatoms. The van der Waals surface area contributed by atoms with Gasteiger partial charge in [0.15, 0.2) is 0 Å². The zero-order valence-corrected chi connectivity index (χ0v) is 16.3. The van der Waals surface area contributed by atoms with Gasteiger partial charge in [0.1, 0.15) is 5.75 Å². The molecule has 0 aliphatic heterocycles. The van der Waals surface area contributed by atoms with E-state index in [2.05, 4.69) is 5.32 Å². The van der Waals surface area contributed by atoms with Crippen molar-refractivity contribution in [3.05, 3.63) is 71.3 Å². The van der Waals surface area contributed by atoms with E-state index in [1.54, 1.807) is 30.3 Å². The molecule has 0 unspecified atom stereocenters. The van der Waals surface area contributed by atoms with Gasteiger partial charge in [0, 0.05) is 24.1 Å². The van der Waals surface area contributed by atoms with Crippen LogP contribution in [0, 0.1) is 0 Å². The number of hydrogen-bond acceptors (Lipinski definition) is 6. The molecule has 0 radical (unpaired) electrons. The van der Waals surface area contributed by atoms with Crippen molar-refractivity contribution >= 4 is 65.3 Å². The van der Waals surface area contributed by atoms with E-state index >= 15 is 0 Å². The molecule has 7 nitrogen and oxygen atoms in total. The normalized spacial score (nSPS) is 10.0. The van der Waals surface area contributed by atoms with Gasteiger partial charge >= 0.3 is 47.6 Å². The number of rotatable bonds is 9. The van der Waals surface area contributed by atoms with Gasteiger partial charge in [-0.3, -0.25) is 4.79 Å². The van der Waals surface area contributed by atoms with Crippen LogP contribution < -0.4 is 10.1 Å². The van der Waals surface area contributed by atoms with Crippen molar-refractivity contribution in [3.63, 3.8) is 0 Å². The van der Waals surface area contributed by atoms with Crippen LogP contribution in [-0.4, -0.2) is 60.9 Å². The Morgan fingerprint density at radius 3 is 2.37 bits per heavy atom. The molecule has 0 heterocycles. The summed E-state index contributed by atoms with van der Waals surface area (Å²) in [6.45, 7) is -0.307. The maximum absolute atomic E-state index is 11.7. The second kappa shape index (κ2) is 14.6. The zero-order chi connectivity index (χ0) is 20.9. The fourth-order valence-corrected chi connectivity index (χ4v) is 2.20.